The summed E-state index contributed by atoms with van der Waals surface area (Å²) in [7, 11) is 1.48. The molecule has 0 saturated carbocycles. The molecular weight excluding hydrogens is 237 g/mol. The van der Waals surface area contributed by atoms with E-state index >= 15 is 0 Å². The molecule has 1 saturated heterocycles. The molecule has 18 heavy (non-hydrogen) atoms. The van der Waals surface area contributed by atoms with Crippen LogP contribution < -0.4 is 10.5 Å². The molecule has 0 aromatic heterocycles. The molecule has 1 aromatic carbocycles. The van der Waals surface area contributed by atoms with Gasteiger partial charge in [0.05, 0.1) is 32.4 Å². The van der Waals surface area contributed by atoms with Gasteiger partial charge >= 0.3 is 0 Å². The zero-order valence-electron chi connectivity index (χ0n) is 10.6. The minimum absolute atomic E-state index is 0.0387. The molecule has 0 atom stereocenters. The summed E-state index contributed by atoms with van der Waals surface area (Å²) in [6, 6.07) is 4.59. The molecule has 1 fully saturated rings. The van der Waals surface area contributed by atoms with Crippen molar-refractivity contribution in [3.8, 4) is 5.75 Å². The summed E-state index contributed by atoms with van der Waals surface area (Å²) in [4.78, 5) is 0. The lowest BCUT2D eigenvalue weighted by atomic mass is 10.0. The molecule has 1 aromatic rings. The van der Waals surface area contributed by atoms with E-state index in [9.17, 15) is 4.39 Å². The van der Waals surface area contributed by atoms with E-state index in [1.807, 2.05) is 6.92 Å². The average molecular weight is 255 g/mol. The number of benzene rings is 1. The quantitative estimate of drug-likeness (QED) is 0.892. The monoisotopic (exact) mass is 255 g/mol. The predicted octanol–water partition coefficient (Wildman–Crippen LogP) is 1.63. The van der Waals surface area contributed by atoms with Crippen molar-refractivity contribution in [2.24, 2.45) is 11.7 Å². The van der Waals surface area contributed by atoms with Gasteiger partial charge < -0.3 is 19.9 Å². The summed E-state index contributed by atoms with van der Waals surface area (Å²) in [6.45, 7) is 3.00. The molecule has 2 rings (SSSR count). The van der Waals surface area contributed by atoms with Gasteiger partial charge in [-0.2, -0.15) is 0 Å². The lowest BCUT2D eigenvalue weighted by Gasteiger charge is -2.39. The van der Waals surface area contributed by atoms with Gasteiger partial charge in [-0.05, 0) is 12.1 Å². The predicted molar refractivity (Wildman–Crippen MR) is 64.8 cm³/mol. The van der Waals surface area contributed by atoms with E-state index < -0.39 is 11.6 Å². The zero-order chi connectivity index (χ0) is 13.2. The molecule has 0 aliphatic carbocycles. The molecule has 1 heterocycles. The Kier molecular flexibility index (Phi) is 3.85. The van der Waals surface area contributed by atoms with Gasteiger partial charge in [-0.1, -0.05) is 13.0 Å². The van der Waals surface area contributed by atoms with Gasteiger partial charge in [0.2, 0.25) is 5.79 Å². The number of nitrogens with two attached hydrogens (primary N) is 1. The van der Waals surface area contributed by atoms with Crippen molar-refractivity contribution >= 4 is 0 Å². The highest BCUT2D eigenvalue weighted by Crippen LogP contribution is 2.38. The Bertz CT molecular complexity index is 417. The average Bonchev–Trinajstić information content (AvgIpc) is 2.40. The Balaban J connectivity index is 2.44. The van der Waals surface area contributed by atoms with Gasteiger partial charge in [0.1, 0.15) is 11.6 Å². The van der Waals surface area contributed by atoms with Gasteiger partial charge in [-0.3, -0.25) is 0 Å². The summed E-state index contributed by atoms with van der Waals surface area (Å²) in [6.07, 6.45) is 0. The van der Waals surface area contributed by atoms with E-state index in [4.69, 9.17) is 19.9 Å². The summed E-state index contributed by atoms with van der Waals surface area (Å²) in [5, 5.41) is 0. The molecule has 5 heteroatoms. The third-order valence-electron chi connectivity index (χ3n) is 3.05. The molecule has 0 unspecified atom stereocenters. The largest absolute Gasteiger partial charge is 0.496 e. The SMILES string of the molecule is COc1cccc(F)c1C1(CN)OCC(C)CO1. The fourth-order valence-electron chi connectivity index (χ4n) is 2.05. The fourth-order valence-corrected chi connectivity index (χ4v) is 2.05. The lowest BCUT2D eigenvalue weighted by molar-refractivity contribution is -0.285. The van der Waals surface area contributed by atoms with Gasteiger partial charge in [0.15, 0.2) is 0 Å². The molecule has 2 N–H and O–H groups in total. The second-order valence-corrected chi connectivity index (χ2v) is 4.50. The maximum atomic E-state index is 14.1. The Morgan fingerprint density at radius 1 is 1.44 bits per heavy atom. The molecule has 0 radical (unpaired) electrons. The van der Waals surface area contributed by atoms with Crippen molar-refractivity contribution in [3.05, 3.63) is 29.6 Å². The Hall–Kier alpha value is -1.17. The van der Waals surface area contributed by atoms with E-state index in [-0.39, 0.29) is 18.0 Å². The molecule has 100 valence electrons. The lowest BCUT2D eigenvalue weighted by Crippen LogP contribution is -2.47. The topological polar surface area (TPSA) is 53.7 Å². The number of halogens is 1. The standard InChI is InChI=1S/C13H18FNO3/c1-9-6-17-13(8-15,18-7-9)12-10(14)4-3-5-11(12)16-2/h3-5,9H,6-8,15H2,1-2H3. The van der Waals surface area contributed by atoms with E-state index in [1.54, 1.807) is 12.1 Å². The Labute approximate surface area is 106 Å². The first-order valence-corrected chi connectivity index (χ1v) is 5.94. The van der Waals surface area contributed by atoms with E-state index in [1.165, 1.54) is 13.2 Å². The van der Waals surface area contributed by atoms with E-state index in [0.29, 0.717) is 19.0 Å². The number of hydrogen-bond acceptors (Lipinski definition) is 4. The molecule has 0 spiro atoms. The van der Waals surface area contributed by atoms with Crippen LogP contribution in [-0.4, -0.2) is 26.9 Å². The smallest absolute Gasteiger partial charge is 0.214 e. The summed E-state index contributed by atoms with van der Waals surface area (Å²) in [5.74, 6) is -1.03. The molecular formula is C13H18FNO3. The van der Waals surface area contributed by atoms with Crippen molar-refractivity contribution in [1.82, 2.24) is 0 Å². The Morgan fingerprint density at radius 3 is 2.67 bits per heavy atom. The van der Waals surface area contributed by atoms with Crippen molar-refractivity contribution in [2.75, 3.05) is 26.9 Å². The van der Waals surface area contributed by atoms with Crippen LogP contribution in [0.5, 0.6) is 5.75 Å². The second-order valence-electron chi connectivity index (χ2n) is 4.50. The number of rotatable bonds is 3. The van der Waals surface area contributed by atoms with Crippen LogP contribution in [-0.2, 0) is 15.3 Å². The summed E-state index contributed by atoms with van der Waals surface area (Å²) >= 11 is 0. The summed E-state index contributed by atoms with van der Waals surface area (Å²) < 4.78 is 30.6. The first-order valence-electron chi connectivity index (χ1n) is 5.94. The molecule has 0 amide bonds. The second kappa shape index (κ2) is 5.22. The number of hydrogen-bond donors (Lipinski definition) is 1. The first-order chi connectivity index (χ1) is 8.63. The van der Waals surface area contributed by atoms with E-state index in [0.717, 1.165) is 0 Å². The van der Waals surface area contributed by atoms with Crippen LogP contribution in [0, 0.1) is 11.7 Å². The van der Waals surface area contributed by atoms with Crippen LogP contribution >= 0.6 is 0 Å². The van der Waals surface area contributed by atoms with Crippen LogP contribution in [0.4, 0.5) is 4.39 Å². The van der Waals surface area contributed by atoms with Crippen LogP contribution in [0.3, 0.4) is 0 Å². The summed E-state index contributed by atoms with van der Waals surface area (Å²) in [5.41, 5.74) is 5.97. The highest BCUT2D eigenvalue weighted by molar-refractivity contribution is 5.38. The molecule has 1 aliphatic heterocycles. The van der Waals surface area contributed by atoms with Crippen LogP contribution in [0.1, 0.15) is 12.5 Å². The van der Waals surface area contributed by atoms with Gasteiger partial charge in [0.25, 0.3) is 0 Å². The third-order valence-corrected chi connectivity index (χ3v) is 3.05. The first kappa shape index (κ1) is 13.3. The van der Waals surface area contributed by atoms with Crippen LogP contribution in [0.2, 0.25) is 0 Å². The normalized spacial score (nSPS) is 28.1. The molecule has 1 aliphatic rings. The third kappa shape index (κ3) is 2.21. The van der Waals surface area contributed by atoms with Crippen molar-refractivity contribution in [1.29, 1.82) is 0 Å². The van der Waals surface area contributed by atoms with Crippen LogP contribution in [0.15, 0.2) is 18.2 Å². The zero-order valence-corrected chi connectivity index (χ0v) is 10.6. The minimum atomic E-state index is -1.25. The maximum absolute atomic E-state index is 14.1. The van der Waals surface area contributed by atoms with Gasteiger partial charge in [-0.25, -0.2) is 4.39 Å². The van der Waals surface area contributed by atoms with Crippen LogP contribution in [0.25, 0.3) is 0 Å². The number of ether oxygens (including phenoxy) is 3. The molecule has 4 nitrogen and oxygen atoms in total. The van der Waals surface area contributed by atoms with E-state index in [2.05, 4.69) is 0 Å². The maximum Gasteiger partial charge on any atom is 0.214 e. The van der Waals surface area contributed by atoms with Gasteiger partial charge in [0, 0.05) is 5.92 Å². The molecule has 0 bridgehead atoms. The fraction of sp³-hybridized carbons (Fsp3) is 0.538. The Morgan fingerprint density at radius 2 is 2.11 bits per heavy atom. The highest BCUT2D eigenvalue weighted by atomic mass is 19.1. The van der Waals surface area contributed by atoms with Crippen molar-refractivity contribution in [3.63, 3.8) is 0 Å². The van der Waals surface area contributed by atoms with Crippen molar-refractivity contribution < 1.29 is 18.6 Å². The number of methoxy groups -OCH3 is 1. The van der Waals surface area contributed by atoms with Crippen molar-refractivity contribution in [2.45, 2.75) is 12.7 Å². The highest BCUT2D eigenvalue weighted by Gasteiger charge is 2.41. The van der Waals surface area contributed by atoms with Gasteiger partial charge in [-0.15, -0.1) is 0 Å². The minimum Gasteiger partial charge on any atom is -0.496 e.